The van der Waals surface area contributed by atoms with Gasteiger partial charge in [-0.25, -0.2) is 4.98 Å². The molecule has 9 heteroatoms. The van der Waals surface area contributed by atoms with E-state index in [4.69, 9.17) is 4.52 Å². The molecule has 0 aliphatic heterocycles. The number of nitrogens with zero attached hydrogens (tertiary/aromatic N) is 3. The van der Waals surface area contributed by atoms with Crippen LogP contribution in [0.3, 0.4) is 0 Å². The molecule has 0 amide bonds. The van der Waals surface area contributed by atoms with Gasteiger partial charge in [0.25, 0.3) is 0 Å². The third-order valence-corrected chi connectivity index (χ3v) is 4.62. The Hall–Kier alpha value is -2.13. The van der Waals surface area contributed by atoms with E-state index < -0.39 is 11.7 Å². The maximum absolute atomic E-state index is 13.1. The van der Waals surface area contributed by atoms with Gasteiger partial charge in [0.15, 0.2) is 5.82 Å². The Bertz CT molecular complexity index is 913. The van der Waals surface area contributed by atoms with E-state index in [-0.39, 0.29) is 11.4 Å². The molecule has 0 saturated heterocycles. The lowest BCUT2D eigenvalue weighted by Gasteiger charge is -2.10. The van der Waals surface area contributed by atoms with Crippen LogP contribution in [-0.4, -0.2) is 15.1 Å². The highest BCUT2D eigenvalue weighted by molar-refractivity contribution is 9.10. The van der Waals surface area contributed by atoms with Crippen LogP contribution in [0.5, 0.6) is 0 Å². The van der Waals surface area contributed by atoms with E-state index in [9.17, 15) is 13.2 Å². The molecule has 0 spiro atoms. The number of hydrogen-bond donors (Lipinski definition) is 0. The minimum atomic E-state index is -4.45. The van der Waals surface area contributed by atoms with Crippen LogP contribution in [0.15, 0.2) is 56.6 Å². The molecule has 0 atom stereocenters. The molecule has 0 aliphatic rings. The van der Waals surface area contributed by atoms with Crippen molar-refractivity contribution in [2.45, 2.75) is 17.0 Å². The van der Waals surface area contributed by atoms with Crippen molar-refractivity contribution in [2.24, 2.45) is 0 Å². The molecule has 134 valence electrons. The second kappa shape index (κ2) is 8.05. The molecule has 3 rings (SSSR count). The first-order valence-electron chi connectivity index (χ1n) is 7.33. The largest absolute Gasteiger partial charge is 0.417 e. The fourth-order valence-electron chi connectivity index (χ4n) is 2.05. The summed E-state index contributed by atoms with van der Waals surface area (Å²) in [7, 11) is 0. The first kappa shape index (κ1) is 18.7. The van der Waals surface area contributed by atoms with Crippen molar-refractivity contribution < 1.29 is 17.7 Å². The topological polar surface area (TPSA) is 51.8 Å². The molecule has 2 aromatic heterocycles. The first-order valence-corrected chi connectivity index (χ1v) is 9.11. The molecular formula is C17H11BrF3N3OS. The number of hydrogen-bond acceptors (Lipinski definition) is 5. The van der Waals surface area contributed by atoms with E-state index in [2.05, 4.69) is 31.1 Å². The number of thioether (sulfide) groups is 1. The predicted molar refractivity (Wildman–Crippen MR) is 96.2 cm³/mol. The Morgan fingerprint density at radius 2 is 2.00 bits per heavy atom. The summed E-state index contributed by atoms with van der Waals surface area (Å²) in [6.07, 6.45) is -0.0708. The maximum Gasteiger partial charge on any atom is 0.417 e. The van der Waals surface area contributed by atoms with Crippen LogP contribution in [0.2, 0.25) is 0 Å². The average molecular weight is 442 g/mol. The van der Waals surface area contributed by atoms with E-state index in [0.29, 0.717) is 16.1 Å². The third-order valence-electron chi connectivity index (χ3n) is 3.20. The zero-order chi connectivity index (χ0) is 18.6. The van der Waals surface area contributed by atoms with Crippen LogP contribution in [0.4, 0.5) is 13.2 Å². The standard InChI is InChI=1S/C17H11BrF3N3OS/c18-12-6-4-11(13(9-12)17(19,20)21)5-7-14-23-15(25-24-14)10-26-16-3-1-2-8-22-16/h1-9H,10H2/b7-5+. The minimum Gasteiger partial charge on any atom is -0.338 e. The molecule has 0 unspecified atom stereocenters. The van der Waals surface area contributed by atoms with Gasteiger partial charge in [-0.2, -0.15) is 18.2 Å². The SMILES string of the molecule is FC(F)(F)c1cc(Br)ccc1/C=C/c1noc(CSc2ccccn2)n1. The van der Waals surface area contributed by atoms with Gasteiger partial charge in [0.05, 0.1) is 16.3 Å². The van der Waals surface area contributed by atoms with Gasteiger partial charge in [-0.15, -0.1) is 0 Å². The van der Waals surface area contributed by atoms with Gasteiger partial charge in [-0.3, -0.25) is 0 Å². The Balaban J connectivity index is 1.71. The first-order chi connectivity index (χ1) is 12.4. The summed E-state index contributed by atoms with van der Waals surface area (Å²) in [5, 5.41) is 4.57. The van der Waals surface area contributed by atoms with Crippen molar-refractivity contribution in [3.05, 3.63) is 69.9 Å². The van der Waals surface area contributed by atoms with Crippen LogP contribution in [0, 0.1) is 0 Å². The summed E-state index contributed by atoms with van der Waals surface area (Å²) in [5.74, 6) is 0.994. The summed E-state index contributed by atoms with van der Waals surface area (Å²) in [4.78, 5) is 8.31. The molecule has 2 heterocycles. The van der Waals surface area contributed by atoms with Crippen molar-refractivity contribution in [1.29, 1.82) is 0 Å². The second-order valence-electron chi connectivity index (χ2n) is 5.07. The molecular weight excluding hydrogens is 431 g/mol. The number of benzene rings is 1. The average Bonchev–Trinajstić information content (AvgIpc) is 3.07. The molecule has 0 fully saturated rings. The van der Waals surface area contributed by atoms with E-state index in [1.54, 1.807) is 12.3 Å². The van der Waals surface area contributed by atoms with Gasteiger partial charge < -0.3 is 4.52 Å². The zero-order valence-corrected chi connectivity index (χ0v) is 15.5. The lowest BCUT2D eigenvalue weighted by atomic mass is 10.1. The summed E-state index contributed by atoms with van der Waals surface area (Å²) < 4.78 is 44.8. The fraction of sp³-hybridized carbons (Fsp3) is 0.118. The third kappa shape index (κ3) is 4.95. The van der Waals surface area contributed by atoms with E-state index in [1.807, 2.05) is 18.2 Å². The maximum atomic E-state index is 13.1. The Morgan fingerprint density at radius 3 is 2.73 bits per heavy atom. The predicted octanol–water partition coefficient (Wildman–Crippen LogP) is 5.71. The number of alkyl halides is 3. The Kier molecular flexibility index (Phi) is 5.77. The van der Waals surface area contributed by atoms with E-state index in [0.717, 1.165) is 11.1 Å². The molecule has 3 aromatic rings. The highest BCUT2D eigenvalue weighted by Gasteiger charge is 2.32. The fourth-order valence-corrected chi connectivity index (χ4v) is 3.11. The molecule has 4 nitrogen and oxygen atoms in total. The summed E-state index contributed by atoms with van der Waals surface area (Å²) in [5.41, 5.74) is -0.715. The van der Waals surface area contributed by atoms with Gasteiger partial charge >= 0.3 is 6.18 Å². The monoisotopic (exact) mass is 441 g/mol. The molecule has 0 N–H and O–H groups in total. The molecule has 26 heavy (non-hydrogen) atoms. The zero-order valence-electron chi connectivity index (χ0n) is 13.1. The van der Waals surface area contributed by atoms with Crippen molar-refractivity contribution in [2.75, 3.05) is 0 Å². The van der Waals surface area contributed by atoms with Crippen LogP contribution in [0.1, 0.15) is 22.8 Å². The lowest BCUT2D eigenvalue weighted by Crippen LogP contribution is -2.07. The summed E-state index contributed by atoms with van der Waals surface area (Å²) >= 11 is 4.48. The van der Waals surface area contributed by atoms with Gasteiger partial charge in [-0.05, 0) is 35.9 Å². The summed E-state index contributed by atoms with van der Waals surface area (Å²) in [6, 6.07) is 9.49. The van der Waals surface area contributed by atoms with E-state index >= 15 is 0 Å². The van der Waals surface area contributed by atoms with E-state index in [1.165, 1.54) is 30.0 Å². The molecule has 0 saturated carbocycles. The van der Waals surface area contributed by atoms with Gasteiger partial charge in [-0.1, -0.05) is 51.1 Å². The molecule has 1 aromatic carbocycles. The number of aromatic nitrogens is 3. The van der Waals surface area contributed by atoms with Gasteiger partial charge in [0.1, 0.15) is 0 Å². The Morgan fingerprint density at radius 1 is 1.15 bits per heavy atom. The quantitative estimate of drug-likeness (QED) is 0.474. The van der Waals surface area contributed by atoms with Crippen molar-refractivity contribution in [3.63, 3.8) is 0 Å². The summed E-state index contributed by atoms with van der Waals surface area (Å²) in [6.45, 7) is 0. The van der Waals surface area contributed by atoms with Crippen molar-refractivity contribution >= 4 is 39.8 Å². The smallest absolute Gasteiger partial charge is 0.338 e. The molecule has 0 radical (unpaired) electrons. The van der Waals surface area contributed by atoms with Crippen LogP contribution < -0.4 is 0 Å². The van der Waals surface area contributed by atoms with Gasteiger partial charge in [0.2, 0.25) is 5.89 Å². The lowest BCUT2D eigenvalue weighted by molar-refractivity contribution is -0.137. The second-order valence-corrected chi connectivity index (χ2v) is 6.98. The van der Waals surface area contributed by atoms with Crippen LogP contribution >= 0.6 is 27.7 Å². The minimum absolute atomic E-state index is 0.0231. The van der Waals surface area contributed by atoms with Crippen LogP contribution in [-0.2, 0) is 11.9 Å². The number of halogens is 4. The number of pyridine rings is 1. The molecule has 0 aliphatic carbocycles. The van der Waals surface area contributed by atoms with Crippen LogP contribution in [0.25, 0.3) is 12.2 Å². The number of rotatable bonds is 5. The van der Waals surface area contributed by atoms with Gasteiger partial charge in [0, 0.05) is 10.7 Å². The Labute approximate surface area is 159 Å². The van der Waals surface area contributed by atoms with Crippen molar-refractivity contribution in [1.82, 2.24) is 15.1 Å². The van der Waals surface area contributed by atoms with Crippen molar-refractivity contribution in [3.8, 4) is 0 Å². The highest BCUT2D eigenvalue weighted by Crippen LogP contribution is 2.34. The normalized spacial score (nSPS) is 12.0. The molecule has 0 bridgehead atoms. The highest BCUT2D eigenvalue weighted by atomic mass is 79.9.